The zero-order chi connectivity index (χ0) is 12.5. The van der Waals surface area contributed by atoms with Crippen molar-refractivity contribution in [3.05, 3.63) is 30.1 Å². The van der Waals surface area contributed by atoms with E-state index in [1.807, 2.05) is 0 Å². The smallest absolute Gasteiger partial charge is 0.299 e. The summed E-state index contributed by atoms with van der Waals surface area (Å²) in [4.78, 5) is 0. The minimum Gasteiger partial charge on any atom is -0.489 e. The van der Waals surface area contributed by atoms with Crippen LogP contribution in [0.4, 0.5) is 4.39 Å². The molecule has 1 aromatic carbocycles. The minimum atomic E-state index is -3.67. The van der Waals surface area contributed by atoms with Gasteiger partial charge in [0.2, 0.25) is 0 Å². The zero-order valence-electron chi connectivity index (χ0n) is 8.84. The molecule has 0 aliphatic carbocycles. The number of hydrogen-bond acceptors (Lipinski definition) is 3. The predicted octanol–water partition coefficient (Wildman–Crippen LogP) is 1.76. The maximum absolute atomic E-state index is 12.7. The Morgan fingerprint density at radius 2 is 2.00 bits per heavy atom. The normalized spacial score (nSPS) is 21.6. The summed E-state index contributed by atoms with van der Waals surface area (Å²) in [6, 6.07) is 5.60. The highest BCUT2D eigenvalue weighted by atomic mass is 35.7. The SMILES string of the molecule is O=S(=O)(Cl)N1CC[C@@H](Oc2ccc(F)cc2)C1. The third-order valence-corrected chi connectivity index (χ3v) is 4.07. The van der Waals surface area contributed by atoms with Crippen molar-refractivity contribution in [1.82, 2.24) is 4.31 Å². The average Bonchev–Trinajstić information content (AvgIpc) is 2.69. The summed E-state index contributed by atoms with van der Waals surface area (Å²) in [5, 5.41) is 0. The fourth-order valence-electron chi connectivity index (χ4n) is 1.70. The first-order chi connectivity index (χ1) is 7.95. The van der Waals surface area contributed by atoms with E-state index in [1.165, 1.54) is 24.3 Å². The highest BCUT2D eigenvalue weighted by molar-refractivity contribution is 8.11. The van der Waals surface area contributed by atoms with E-state index in [1.54, 1.807) is 0 Å². The molecule has 0 spiro atoms. The topological polar surface area (TPSA) is 46.6 Å². The van der Waals surface area contributed by atoms with Crippen molar-refractivity contribution in [2.24, 2.45) is 0 Å². The van der Waals surface area contributed by atoms with Crippen molar-refractivity contribution in [3.8, 4) is 5.75 Å². The Morgan fingerprint density at radius 3 is 2.53 bits per heavy atom. The fraction of sp³-hybridized carbons (Fsp3) is 0.400. The minimum absolute atomic E-state index is 0.225. The van der Waals surface area contributed by atoms with E-state index in [2.05, 4.69) is 0 Å². The van der Waals surface area contributed by atoms with Gasteiger partial charge in [0.25, 0.3) is 9.24 Å². The largest absolute Gasteiger partial charge is 0.489 e. The van der Waals surface area contributed by atoms with Crippen molar-refractivity contribution in [2.45, 2.75) is 12.5 Å². The molecule has 0 saturated carbocycles. The highest BCUT2D eigenvalue weighted by Gasteiger charge is 2.31. The summed E-state index contributed by atoms with van der Waals surface area (Å²) in [7, 11) is 1.55. The molecule has 94 valence electrons. The van der Waals surface area contributed by atoms with Gasteiger partial charge in [-0.15, -0.1) is 0 Å². The van der Waals surface area contributed by atoms with Gasteiger partial charge in [-0.2, -0.15) is 12.7 Å². The lowest BCUT2D eigenvalue weighted by Gasteiger charge is -2.14. The monoisotopic (exact) mass is 279 g/mol. The standard InChI is InChI=1S/C10H11ClFNO3S/c11-17(14,15)13-6-5-10(7-13)16-9-3-1-8(12)2-4-9/h1-4,10H,5-7H2/t10-/m1/s1. The quantitative estimate of drug-likeness (QED) is 0.792. The van der Waals surface area contributed by atoms with Crippen LogP contribution in [0, 0.1) is 5.82 Å². The van der Waals surface area contributed by atoms with Gasteiger partial charge in [0.1, 0.15) is 17.7 Å². The van der Waals surface area contributed by atoms with Gasteiger partial charge in [-0.1, -0.05) is 0 Å². The highest BCUT2D eigenvalue weighted by Crippen LogP contribution is 2.21. The molecule has 0 amide bonds. The molecule has 1 aliphatic rings. The number of ether oxygens (including phenoxy) is 1. The molecule has 7 heteroatoms. The van der Waals surface area contributed by atoms with Gasteiger partial charge >= 0.3 is 0 Å². The van der Waals surface area contributed by atoms with E-state index in [4.69, 9.17) is 15.4 Å². The lowest BCUT2D eigenvalue weighted by Crippen LogP contribution is -2.27. The van der Waals surface area contributed by atoms with Crippen LogP contribution in [0.1, 0.15) is 6.42 Å². The van der Waals surface area contributed by atoms with Gasteiger partial charge in [-0.3, -0.25) is 0 Å². The van der Waals surface area contributed by atoms with E-state index < -0.39 is 9.24 Å². The number of hydrogen-bond donors (Lipinski definition) is 0. The molecular weight excluding hydrogens is 269 g/mol. The van der Waals surface area contributed by atoms with Crippen molar-refractivity contribution >= 4 is 19.9 Å². The number of nitrogens with zero attached hydrogens (tertiary/aromatic N) is 1. The van der Waals surface area contributed by atoms with E-state index in [-0.39, 0.29) is 18.5 Å². The summed E-state index contributed by atoms with van der Waals surface area (Å²) in [5.74, 6) is 0.180. The van der Waals surface area contributed by atoms with Crippen molar-refractivity contribution in [1.29, 1.82) is 0 Å². The lowest BCUT2D eigenvalue weighted by molar-refractivity contribution is 0.215. The molecule has 1 aromatic rings. The molecule has 17 heavy (non-hydrogen) atoms. The Labute approximate surface area is 103 Å². The molecule has 1 fully saturated rings. The molecule has 1 saturated heterocycles. The van der Waals surface area contributed by atoms with Gasteiger partial charge in [0.05, 0.1) is 6.54 Å². The van der Waals surface area contributed by atoms with E-state index in [0.29, 0.717) is 18.7 Å². The molecule has 0 bridgehead atoms. The van der Waals surface area contributed by atoms with E-state index >= 15 is 0 Å². The first-order valence-corrected chi connectivity index (χ1v) is 7.34. The Balaban J connectivity index is 1.96. The Morgan fingerprint density at radius 1 is 1.35 bits per heavy atom. The van der Waals surface area contributed by atoms with Gasteiger partial charge in [-0.05, 0) is 30.7 Å². The summed E-state index contributed by atoms with van der Waals surface area (Å²) >= 11 is 0. The van der Waals surface area contributed by atoms with Crippen LogP contribution in [-0.2, 0) is 9.24 Å². The van der Waals surface area contributed by atoms with Gasteiger partial charge in [0, 0.05) is 17.2 Å². The second-order valence-electron chi connectivity index (χ2n) is 3.78. The van der Waals surface area contributed by atoms with Crippen LogP contribution in [0.25, 0.3) is 0 Å². The number of rotatable bonds is 3. The van der Waals surface area contributed by atoms with Crippen LogP contribution in [0.15, 0.2) is 24.3 Å². The predicted molar refractivity (Wildman–Crippen MR) is 61.8 cm³/mol. The molecule has 0 aromatic heterocycles. The summed E-state index contributed by atoms with van der Waals surface area (Å²) in [5.41, 5.74) is 0. The fourth-order valence-corrected chi connectivity index (χ4v) is 2.74. The van der Waals surface area contributed by atoms with Crippen LogP contribution in [0.5, 0.6) is 5.75 Å². The third kappa shape index (κ3) is 3.31. The molecule has 2 rings (SSSR count). The first-order valence-electron chi connectivity index (χ1n) is 5.07. The second kappa shape index (κ2) is 4.80. The molecule has 0 unspecified atom stereocenters. The van der Waals surface area contributed by atoms with Crippen LogP contribution >= 0.6 is 10.7 Å². The molecular formula is C10H11ClFNO3S. The van der Waals surface area contributed by atoms with Crippen molar-refractivity contribution < 1.29 is 17.5 Å². The van der Waals surface area contributed by atoms with Gasteiger partial charge in [0.15, 0.2) is 0 Å². The molecule has 0 N–H and O–H groups in total. The van der Waals surface area contributed by atoms with Crippen LogP contribution < -0.4 is 4.74 Å². The van der Waals surface area contributed by atoms with Crippen LogP contribution in [0.2, 0.25) is 0 Å². The molecule has 0 radical (unpaired) electrons. The molecule has 1 heterocycles. The molecule has 4 nitrogen and oxygen atoms in total. The Hall–Kier alpha value is -0.850. The van der Waals surface area contributed by atoms with Crippen LogP contribution in [-0.4, -0.2) is 31.9 Å². The molecule has 1 atom stereocenters. The molecule has 1 aliphatic heterocycles. The van der Waals surface area contributed by atoms with Gasteiger partial charge < -0.3 is 4.74 Å². The lowest BCUT2D eigenvalue weighted by atomic mass is 10.3. The summed E-state index contributed by atoms with van der Waals surface area (Å²) < 4.78 is 41.5. The summed E-state index contributed by atoms with van der Waals surface area (Å²) in [6.07, 6.45) is 0.331. The van der Waals surface area contributed by atoms with Crippen LogP contribution in [0.3, 0.4) is 0 Å². The first kappa shape index (κ1) is 12.6. The number of benzene rings is 1. The maximum Gasteiger partial charge on any atom is 0.299 e. The Kier molecular flexibility index (Phi) is 3.56. The van der Waals surface area contributed by atoms with Crippen molar-refractivity contribution in [2.75, 3.05) is 13.1 Å². The average molecular weight is 280 g/mol. The number of halogens is 2. The van der Waals surface area contributed by atoms with Crippen molar-refractivity contribution in [3.63, 3.8) is 0 Å². The second-order valence-corrected chi connectivity index (χ2v) is 6.29. The van der Waals surface area contributed by atoms with E-state index in [9.17, 15) is 12.8 Å². The maximum atomic E-state index is 12.7. The van der Waals surface area contributed by atoms with Gasteiger partial charge in [-0.25, -0.2) is 4.39 Å². The third-order valence-electron chi connectivity index (χ3n) is 2.53. The Bertz CT molecular complexity index is 491. The summed E-state index contributed by atoms with van der Waals surface area (Å²) in [6.45, 7) is 0.570. The van der Waals surface area contributed by atoms with E-state index in [0.717, 1.165) is 4.31 Å². The zero-order valence-corrected chi connectivity index (χ0v) is 10.4.